The quantitative estimate of drug-likeness (QED) is 0.851. The highest BCUT2D eigenvalue weighted by Gasteiger charge is 2.29. The summed E-state index contributed by atoms with van der Waals surface area (Å²) in [6, 6.07) is 4.19. The van der Waals surface area contributed by atoms with Gasteiger partial charge in [-0.2, -0.15) is 0 Å². The fraction of sp³-hybridized carbons (Fsp3) is 0.500. The summed E-state index contributed by atoms with van der Waals surface area (Å²) in [6.45, 7) is 9.39. The fourth-order valence-electron chi connectivity index (χ4n) is 3.49. The predicted molar refractivity (Wildman–Crippen MR) is 88.2 cm³/mol. The summed E-state index contributed by atoms with van der Waals surface area (Å²) in [5.74, 6) is 0.178. The van der Waals surface area contributed by atoms with Gasteiger partial charge in [0.15, 0.2) is 0 Å². The van der Waals surface area contributed by atoms with Crippen molar-refractivity contribution in [2.75, 3.05) is 13.1 Å². The third kappa shape index (κ3) is 2.31. The maximum Gasteiger partial charge on any atom is 0.270 e. The molecule has 1 aliphatic rings. The second-order valence-corrected chi connectivity index (χ2v) is 6.66. The minimum atomic E-state index is -0.294. The van der Waals surface area contributed by atoms with Crippen molar-refractivity contribution in [2.24, 2.45) is 5.92 Å². The molecule has 0 radical (unpaired) electrons. The number of carbonyl (C=O) groups excluding carboxylic acids is 1. The Hall–Kier alpha value is -1.81. The number of rotatable bonds is 1. The molecule has 0 aliphatic carbocycles. The van der Waals surface area contributed by atoms with E-state index in [0.29, 0.717) is 25.2 Å². The topological polar surface area (TPSA) is 56.3 Å². The van der Waals surface area contributed by atoms with Crippen molar-refractivity contribution in [2.45, 2.75) is 40.2 Å². The van der Waals surface area contributed by atoms with Gasteiger partial charge in [0.2, 0.25) is 0 Å². The molecule has 0 spiro atoms. The van der Waals surface area contributed by atoms with E-state index in [4.69, 9.17) is 0 Å². The number of aryl methyl sites for hydroxylation is 3. The molecule has 4 nitrogen and oxygen atoms in total. The summed E-state index contributed by atoms with van der Waals surface area (Å²) in [4.78, 5) is 18.1. The van der Waals surface area contributed by atoms with E-state index in [1.165, 1.54) is 5.56 Å². The molecule has 1 fully saturated rings. The van der Waals surface area contributed by atoms with Gasteiger partial charge >= 0.3 is 0 Å². The second-order valence-electron chi connectivity index (χ2n) is 6.66. The van der Waals surface area contributed by atoms with E-state index in [1.807, 2.05) is 18.7 Å². The summed E-state index contributed by atoms with van der Waals surface area (Å²) in [7, 11) is 0. The molecular weight excluding hydrogens is 276 g/mol. The van der Waals surface area contributed by atoms with Crippen LogP contribution in [-0.4, -0.2) is 40.1 Å². The first-order chi connectivity index (χ1) is 10.4. The molecule has 2 aromatic rings. The van der Waals surface area contributed by atoms with Crippen LogP contribution in [0.2, 0.25) is 0 Å². The number of likely N-dealkylation sites (tertiary alicyclic amines) is 1. The van der Waals surface area contributed by atoms with Gasteiger partial charge < -0.3 is 15.0 Å². The Bertz CT molecular complexity index is 732. The molecule has 118 valence electrons. The van der Waals surface area contributed by atoms with Crippen LogP contribution in [0.15, 0.2) is 12.1 Å². The van der Waals surface area contributed by atoms with Crippen molar-refractivity contribution in [3.05, 3.63) is 34.5 Å². The molecule has 0 unspecified atom stereocenters. The molecule has 2 atom stereocenters. The summed E-state index contributed by atoms with van der Waals surface area (Å²) in [5, 5.41) is 11.0. The van der Waals surface area contributed by atoms with Crippen molar-refractivity contribution in [3.8, 4) is 0 Å². The Kier molecular flexibility index (Phi) is 3.73. The molecule has 0 saturated carbocycles. The first-order valence-electron chi connectivity index (χ1n) is 7.96. The fourth-order valence-corrected chi connectivity index (χ4v) is 3.49. The summed E-state index contributed by atoms with van der Waals surface area (Å²) < 4.78 is 0. The summed E-state index contributed by atoms with van der Waals surface area (Å²) in [6.07, 6.45) is 0.363. The molecule has 1 amide bonds. The zero-order valence-corrected chi connectivity index (χ0v) is 13.7. The molecule has 1 aliphatic heterocycles. The average Bonchev–Trinajstić information content (AvgIpc) is 2.84. The number of carbonyl (C=O) groups is 1. The van der Waals surface area contributed by atoms with E-state index in [0.717, 1.165) is 22.0 Å². The molecule has 3 rings (SSSR count). The number of H-pyrrole nitrogens is 1. The number of aliphatic hydroxyl groups excluding tert-OH is 1. The maximum atomic E-state index is 12.9. The van der Waals surface area contributed by atoms with E-state index < -0.39 is 0 Å². The standard InChI is InChI=1S/C18H24N2O2/c1-10-5-6-11(2)16-15(10)13(4)17(19-16)18(22)20-8-7-14(21)12(3)9-20/h5-6,12,14,19,21H,7-9H2,1-4H3/t12-,14-/m0/s1. The SMILES string of the molecule is Cc1ccc(C)c2c(C)c(C(=O)N3CC[C@H](O)[C@@H](C)C3)[nH]c12. The van der Waals surface area contributed by atoms with Gasteiger partial charge in [0.05, 0.1) is 6.10 Å². The number of piperidine rings is 1. The molecule has 1 saturated heterocycles. The molecule has 4 heteroatoms. The van der Waals surface area contributed by atoms with Crippen LogP contribution in [0.1, 0.15) is 40.5 Å². The molecule has 1 aromatic carbocycles. The van der Waals surface area contributed by atoms with Crippen LogP contribution >= 0.6 is 0 Å². The number of hydrogen-bond donors (Lipinski definition) is 2. The molecule has 0 bridgehead atoms. The predicted octanol–water partition coefficient (Wildman–Crippen LogP) is 2.94. The normalized spacial score (nSPS) is 22.3. The number of hydrogen-bond acceptors (Lipinski definition) is 2. The lowest BCUT2D eigenvalue weighted by Gasteiger charge is -2.34. The minimum absolute atomic E-state index is 0.0475. The Morgan fingerprint density at radius 2 is 1.95 bits per heavy atom. The Balaban J connectivity index is 2.00. The lowest BCUT2D eigenvalue weighted by atomic mass is 9.96. The number of nitrogens with one attached hydrogen (secondary N) is 1. The van der Waals surface area contributed by atoms with Gasteiger partial charge in [-0.05, 0) is 49.8 Å². The van der Waals surface area contributed by atoms with Crippen molar-refractivity contribution in [3.63, 3.8) is 0 Å². The third-order valence-electron chi connectivity index (χ3n) is 4.98. The highest BCUT2D eigenvalue weighted by molar-refractivity contribution is 6.02. The van der Waals surface area contributed by atoms with Crippen molar-refractivity contribution < 1.29 is 9.90 Å². The molecule has 22 heavy (non-hydrogen) atoms. The molecular formula is C18H24N2O2. The highest BCUT2D eigenvalue weighted by Crippen LogP contribution is 2.29. The zero-order valence-electron chi connectivity index (χ0n) is 13.7. The van der Waals surface area contributed by atoms with Gasteiger partial charge in [-0.15, -0.1) is 0 Å². The number of fused-ring (bicyclic) bond motifs is 1. The Labute approximate surface area is 131 Å². The zero-order chi connectivity index (χ0) is 16.0. The van der Waals surface area contributed by atoms with E-state index in [1.54, 1.807) is 0 Å². The van der Waals surface area contributed by atoms with E-state index >= 15 is 0 Å². The van der Waals surface area contributed by atoms with Crippen LogP contribution in [0, 0.1) is 26.7 Å². The van der Waals surface area contributed by atoms with Gasteiger partial charge in [0.1, 0.15) is 5.69 Å². The third-order valence-corrected chi connectivity index (χ3v) is 4.98. The molecule has 2 heterocycles. The first-order valence-corrected chi connectivity index (χ1v) is 7.96. The number of amides is 1. The number of aromatic nitrogens is 1. The summed E-state index contributed by atoms with van der Waals surface area (Å²) >= 11 is 0. The largest absolute Gasteiger partial charge is 0.393 e. The first kappa shape index (κ1) is 15.1. The average molecular weight is 300 g/mol. The van der Waals surface area contributed by atoms with Crippen LogP contribution in [0.3, 0.4) is 0 Å². The van der Waals surface area contributed by atoms with Crippen LogP contribution in [-0.2, 0) is 0 Å². The van der Waals surface area contributed by atoms with Crippen LogP contribution in [0.4, 0.5) is 0 Å². The lowest BCUT2D eigenvalue weighted by Crippen LogP contribution is -2.45. The van der Waals surface area contributed by atoms with Gasteiger partial charge in [-0.25, -0.2) is 0 Å². The monoisotopic (exact) mass is 300 g/mol. The van der Waals surface area contributed by atoms with Crippen LogP contribution in [0.5, 0.6) is 0 Å². The Morgan fingerprint density at radius 1 is 1.27 bits per heavy atom. The number of nitrogens with zero attached hydrogens (tertiary/aromatic N) is 1. The van der Waals surface area contributed by atoms with Gasteiger partial charge in [0.25, 0.3) is 5.91 Å². The van der Waals surface area contributed by atoms with Crippen LogP contribution < -0.4 is 0 Å². The van der Waals surface area contributed by atoms with Crippen molar-refractivity contribution in [1.29, 1.82) is 0 Å². The molecule has 1 aromatic heterocycles. The van der Waals surface area contributed by atoms with Gasteiger partial charge in [0, 0.05) is 24.0 Å². The van der Waals surface area contributed by atoms with Gasteiger partial charge in [-0.1, -0.05) is 19.1 Å². The van der Waals surface area contributed by atoms with Gasteiger partial charge in [-0.3, -0.25) is 4.79 Å². The second kappa shape index (κ2) is 5.43. The lowest BCUT2D eigenvalue weighted by molar-refractivity contribution is 0.0294. The van der Waals surface area contributed by atoms with E-state index in [2.05, 4.69) is 31.0 Å². The van der Waals surface area contributed by atoms with Crippen molar-refractivity contribution >= 4 is 16.8 Å². The number of aliphatic hydroxyl groups is 1. The van der Waals surface area contributed by atoms with E-state index in [-0.39, 0.29) is 17.9 Å². The highest BCUT2D eigenvalue weighted by atomic mass is 16.3. The number of aromatic amines is 1. The van der Waals surface area contributed by atoms with E-state index in [9.17, 15) is 9.90 Å². The van der Waals surface area contributed by atoms with Crippen molar-refractivity contribution in [1.82, 2.24) is 9.88 Å². The summed E-state index contributed by atoms with van der Waals surface area (Å²) in [5.41, 5.74) is 5.13. The Morgan fingerprint density at radius 3 is 2.59 bits per heavy atom. The maximum absolute atomic E-state index is 12.9. The smallest absolute Gasteiger partial charge is 0.270 e. The minimum Gasteiger partial charge on any atom is -0.393 e. The molecule has 2 N–H and O–H groups in total. The van der Waals surface area contributed by atoms with Crippen LogP contribution in [0.25, 0.3) is 10.9 Å². The number of benzene rings is 1.